The van der Waals surface area contributed by atoms with Crippen LogP contribution in [0.4, 0.5) is 4.39 Å². The molecule has 7 nitrogen and oxygen atoms in total. The maximum Gasteiger partial charge on any atom is 0.331 e. The van der Waals surface area contributed by atoms with Crippen molar-refractivity contribution in [2.24, 2.45) is 0 Å². The van der Waals surface area contributed by atoms with Gasteiger partial charge in [0.2, 0.25) is 0 Å². The molecule has 0 amide bonds. The smallest absolute Gasteiger partial charge is 0.331 e. The number of aryl methyl sites for hydroxylation is 1. The number of hydrogen-bond donors (Lipinski definition) is 2. The highest BCUT2D eigenvalue weighted by Crippen LogP contribution is 2.36. The Hall–Kier alpha value is -4.33. The van der Waals surface area contributed by atoms with Gasteiger partial charge in [-0.05, 0) is 62.8 Å². The summed E-state index contributed by atoms with van der Waals surface area (Å²) in [6.07, 6.45) is 3.28. The van der Waals surface area contributed by atoms with Crippen molar-refractivity contribution in [3.63, 3.8) is 0 Å². The first-order chi connectivity index (χ1) is 16.5. The normalized spacial score (nSPS) is 13.8. The van der Waals surface area contributed by atoms with Crippen molar-refractivity contribution in [2.75, 3.05) is 0 Å². The molecular formula is C27H23FO7. The average Bonchev–Trinajstić information content (AvgIpc) is 2.80. The Morgan fingerprint density at radius 1 is 1.03 bits per heavy atom. The van der Waals surface area contributed by atoms with Gasteiger partial charge in [-0.2, -0.15) is 0 Å². The van der Waals surface area contributed by atoms with Crippen molar-refractivity contribution in [2.45, 2.75) is 33.3 Å². The summed E-state index contributed by atoms with van der Waals surface area (Å²) in [6.45, 7) is 5.21. The van der Waals surface area contributed by atoms with Crippen LogP contribution in [0.5, 0.6) is 11.5 Å². The van der Waals surface area contributed by atoms with Gasteiger partial charge in [-0.1, -0.05) is 17.7 Å². The van der Waals surface area contributed by atoms with Gasteiger partial charge in [-0.15, -0.1) is 0 Å². The molecule has 0 aromatic heterocycles. The number of phenolic OH excluding ortho intramolecular Hbond substituents is 2. The van der Waals surface area contributed by atoms with E-state index >= 15 is 0 Å². The molecule has 1 aliphatic carbocycles. The molecule has 0 unspecified atom stereocenters. The summed E-state index contributed by atoms with van der Waals surface area (Å²) in [4.78, 5) is 50.6. The van der Waals surface area contributed by atoms with Crippen LogP contribution in [0.25, 0.3) is 0 Å². The number of aromatic hydroxyl groups is 2. The number of esters is 1. The molecule has 0 fully saturated rings. The molecule has 0 spiro atoms. The minimum absolute atomic E-state index is 0.0403. The number of halogens is 1. The fraction of sp³-hybridized carbons (Fsp3) is 0.185. The number of carbonyl (C=O) groups is 4. The standard InChI is InChI=1S/C27H23FO7/c1-14(2)4-10-23(18-13-22(32)25-20(30)7-8-21(31)26(25)27(18)34)35-24(33)11-9-19(29)17-12-16(28)6-5-15(17)3/h4-9,11-13,23,30-31H,10H2,1-3H3/b11-9-/t23-/m1/s1. The molecule has 0 aliphatic heterocycles. The number of Topliss-reactive ketones (excluding diaryl/α,β-unsaturated/α-hetero) is 1. The fourth-order valence-electron chi connectivity index (χ4n) is 3.58. The number of rotatable bonds is 7. The van der Waals surface area contributed by atoms with Gasteiger partial charge in [0.15, 0.2) is 17.3 Å². The first kappa shape index (κ1) is 25.3. The lowest BCUT2D eigenvalue weighted by Crippen LogP contribution is -2.28. The molecule has 35 heavy (non-hydrogen) atoms. The average molecular weight is 478 g/mol. The molecule has 0 radical (unpaired) electrons. The summed E-state index contributed by atoms with van der Waals surface area (Å²) in [5.41, 5.74) is 0.566. The lowest BCUT2D eigenvalue weighted by atomic mass is 9.85. The van der Waals surface area contributed by atoms with Crippen molar-refractivity contribution in [1.82, 2.24) is 0 Å². The van der Waals surface area contributed by atoms with Crippen LogP contribution < -0.4 is 0 Å². The molecule has 180 valence electrons. The van der Waals surface area contributed by atoms with Crippen LogP contribution in [0.3, 0.4) is 0 Å². The van der Waals surface area contributed by atoms with Gasteiger partial charge in [0, 0.05) is 23.6 Å². The van der Waals surface area contributed by atoms with Crippen molar-refractivity contribution in [1.29, 1.82) is 0 Å². The molecular weight excluding hydrogens is 455 g/mol. The van der Waals surface area contributed by atoms with E-state index in [1.165, 1.54) is 12.1 Å². The van der Waals surface area contributed by atoms with E-state index in [1.54, 1.807) is 26.8 Å². The second-order valence-electron chi connectivity index (χ2n) is 8.25. The van der Waals surface area contributed by atoms with Crippen molar-refractivity contribution in [3.05, 3.63) is 93.9 Å². The lowest BCUT2D eigenvalue weighted by Gasteiger charge is -2.23. The minimum Gasteiger partial charge on any atom is -0.507 e. The first-order valence-corrected chi connectivity index (χ1v) is 10.7. The Labute approximate surface area is 200 Å². The maximum absolute atomic E-state index is 13.5. The van der Waals surface area contributed by atoms with Crippen molar-refractivity contribution >= 4 is 23.3 Å². The summed E-state index contributed by atoms with van der Waals surface area (Å²) in [5.74, 6) is -4.64. The number of phenols is 2. The van der Waals surface area contributed by atoms with E-state index in [-0.39, 0.29) is 28.7 Å². The molecule has 3 rings (SSSR count). The van der Waals surface area contributed by atoms with E-state index in [4.69, 9.17) is 4.74 Å². The van der Waals surface area contributed by atoms with Gasteiger partial charge in [-0.3, -0.25) is 14.4 Å². The number of carbonyl (C=O) groups excluding carboxylic acids is 4. The molecule has 1 atom stereocenters. The summed E-state index contributed by atoms with van der Waals surface area (Å²) in [7, 11) is 0. The Kier molecular flexibility index (Phi) is 7.44. The van der Waals surface area contributed by atoms with Gasteiger partial charge in [0.05, 0.1) is 11.1 Å². The molecule has 2 N–H and O–H groups in total. The van der Waals surface area contributed by atoms with E-state index in [0.29, 0.717) is 5.56 Å². The largest absolute Gasteiger partial charge is 0.507 e. The number of ether oxygens (including phenoxy) is 1. The van der Waals surface area contributed by atoms with Crippen LogP contribution in [0, 0.1) is 12.7 Å². The zero-order valence-electron chi connectivity index (χ0n) is 19.3. The quantitative estimate of drug-likeness (QED) is 0.197. The molecule has 0 saturated carbocycles. The van der Waals surface area contributed by atoms with Crippen molar-refractivity contribution < 1.29 is 38.5 Å². The summed E-state index contributed by atoms with van der Waals surface area (Å²) < 4.78 is 18.9. The zero-order valence-corrected chi connectivity index (χ0v) is 19.3. The van der Waals surface area contributed by atoms with Crippen LogP contribution >= 0.6 is 0 Å². The van der Waals surface area contributed by atoms with Gasteiger partial charge in [0.1, 0.15) is 23.4 Å². The lowest BCUT2D eigenvalue weighted by molar-refractivity contribution is -0.141. The van der Waals surface area contributed by atoms with Crippen LogP contribution in [0.2, 0.25) is 0 Å². The number of hydrogen-bond acceptors (Lipinski definition) is 7. The highest BCUT2D eigenvalue weighted by Gasteiger charge is 2.35. The molecule has 8 heteroatoms. The van der Waals surface area contributed by atoms with Crippen molar-refractivity contribution in [3.8, 4) is 11.5 Å². The second-order valence-corrected chi connectivity index (χ2v) is 8.25. The Morgan fingerprint density at radius 2 is 1.69 bits per heavy atom. The van der Waals surface area contributed by atoms with E-state index in [1.807, 2.05) is 0 Å². The van der Waals surface area contributed by atoms with Crippen LogP contribution in [0.15, 0.2) is 65.8 Å². The number of ketones is 3. The zero-order chi connectivity index (χ0) is 25.9. The molecule has 2 aromatic carbocycles. The number of allylic oxidation sites excluding steroid dienone is 3. The maximum atomic E-state index is 13.5. The summed E-state index contributed by atoms with van der Waals surface area (Å²) in [5, 5.41) is 20.2. The molecule has 0 heterocycles. The molecule has 1 aliphatic rings. The first-order valence-electron chi connectivity index (χ1n) is 10.7. The van der Waals surface area contributed by atoms with E-state index < -0.39 is 46.7 Å². The van der Waals surface area contributed by atoms with E-state index in [0.717, 1.165) is 42.0 Å². The molecule has 0 bridgehead atoms. The molecule has 0 saturated heterocycles. The van der Waals surface area contributed by atoms with Gasteiger partial charge < -0.3 is 14.9 Å². The predicted molar refractivity (Wildman–Crippen MR) is 125 cm³/mol. The summed E-state index contributed by atoms with van der Waals surface area (Å²) >= 11 is 0. The Bertz CT molecular complexity index is 1330. The fourth-order valence-corrected chi connectivity index (χ4v) is 3.58. The predicted octanol–water partition coefficient (Wildman–Crippen LogP) is 4.56. The van der Waals surface area contributed by atoms with E-state index in [2.05, 4.69) is 0 Å². The summed E-state index contributed by atoms with van der Waals surface area (Å²) in [6, 6.07) is 5.89. The van der Waals surface area contributed by atoms with E-state index in [9.17, 15) is 33.8 Å². The van der Waals surface area contributed by atoms with Gasteiger partial charge >= 0.3 is 5.97 Å². The highest BCUT2D eigenvalue weighted by molar-refractivity contribution is 6.27. The third kappa shape index (κ3) is 5.60. The van der Waals surface area contributed by atoms with Gasteiger partial charge in [0.25, 0.3) is 0 Å². The monoisotopic (exact) mass is 478 g/mol. The third-order valence-corrected chi connectivity index (χ3v) is 5.36. The highest BCUT2D eigenvalue weighted by atomic mass is 19.1. The number of fused-ring (bicyclic) bond motifs is 1. The molecule has 2 aromatic rings. The van der Waals surface area contributed by atoms with Crippen LogP contribution in [0.1, 0.15) is 56.9 Å². The second kappa shape index (κ2) is 10.3. The topological polar surface area (TPSA) is 118 Å². The Morgan fingerprint density at radius 3 is 2.34 bits per heavy atom. The Balaban J connectivity index is 1.89. The van der Waals surface area contributed by atoms with Gasteiger partial charge in [-0.25, -0.2) is 9.18 Å². The SMILES string of the molecule is CC(C)=CC[C@@H](OC(=O)/C=C\C(=O)c1cc(F)ccc1C)C1=CC(=O)c2c(O)ccc(O)c2C1=O. The van der Waals surface area contributed by atoms with Crippen LogP contribution in [-0.4, -0.2) is 39.6 Å². The third-order valence-electron chi connectivity index (χ3n) is 5.36. The van der Waals surface area contributed by atoms with Crippen LogP contribution in [-0.2, 0) is 9.53 Å². The minimum atomic E-state index is -1.21. The number of benzene rings is 2.